The monoisotopic (exact) mass is 228 g/mol. The number of hydrogen-bond acceptors (Lipinski definition) is 5. The third-order valence-electron chi connectivity index (χ3n) is 1.04. The summed E-state index contributed by atoms with van der Waals surface area (Å²) in [6.45, 7) is 9.24. The number of methoxy groups -OCH3 is 1. The second kappa shape index (κ2) is 9.20. The fourth-order valence-electron chi connectivity index (χ4n) is 0.353. The van der Waals surface area contributed by atoms with Crippen molar-refractivity contribution in [3.05, 3.63) is 37.6 Å². The molecule has 6 heteroatoms. The Labute approximate surface area is 92.5 Å². The van der Waals surface area contributed by atoms with Crippen molar-refractivity contribution in [1.29, 1.82) is 0 Å². The Hall–Kier alpha value is -2.37. The molecule has 6 nitrogen and oxygen atoms in total. The van der Waals surface area contributed by atoms with Gasteiger partial charge in [0.15, 0.2) is 0 Å². The van der Waals surface area contributed by atoms with Crippen molar-refractivity contribution < 1.29 is 29.0 Å². The van der Waals surface area contributed by atoms with E-state index in [1.807, 2.05) is 0 Å². The molecule has 0 bridgehead atoms. The van der Waals surface area contributed by atoms with Gasteiger partial charge in [-0.25, -0.2) is 14.4 Å². The smallest absolute Gasteiger partial charge is 0.349 e. The minimum Gasteiger partial charge on any atom is -0.478 e. The molecule has 0 aromatic rings. The highest BCUT2D eigenvalue weighted by atomic mass is 16.5. The maximum absolute atomic E-state index is 10.6. The quantitative estimate of drug-likeness (QED) is 0.250. The molecular formula is C10H12O6. The maximum atomic E-state index is 10.6. The second-order valence-corrected chi connectivity index (χ2v) is 2.08. The van der Waals surface area contributed by atoms with Gasteiger partial charge in [0.2, 0.25) is 0 Å². The average molecular weight is 228 g/mol. The molecule has 0 radical (unpaired) electrons. The van der Waals surface area contributed by atoms with Gasteiger partial charge in [-0.2, -0.15) is 0 Å². The Morgan fingerprint density at radius 2 is 1.62 bits per heavy atom. The van der Waals surface area contributed by atoms with E-state index < -0.39 is 17.9 Å². The van der Waals surface area contributed by atoms with Crippen LogP contribution in [0.3, 0.4) is 0 Å². The number of carbonyl (C=O) groups excluding carboxylic acids is 2. The lowest BCUT2D eigenvalue weighted by Gasteiger charge is -1.99. The van der Waals surface area contributed by atoms with E-state index >= 15 is 0 Å². The molecule has 0 rings (SSSR count). The lowest BCUT2D eigenvalue weighted by Crippen LogP contribution is -2.13. The van der Waals surface area contributed by atoms with Crippen LogP contribution in [0.25, 0.3) is 0 Å². The standard InChI is InChI=1S/C7H8O4.C3H4O2/c1-4-11-7(9)5(2)6(8)10-3;1-2-3(4)5/h4H,1-2H2,3H3;2H,1H2,(H,4,5). The molecule has 0 aliphatic rings. The van der Waals surface area contributed by atoms with Crippen molar-refractivity contribution in [3.8, 4) is 0 Å². The van der Waals surface area contributed by atoms with Crippen LogP contribution < -0.4 is 0 Å². The molecule has 0 saturated heterocycles. The minimum absolute atomic E-state index is 0.354. The van der Waals surface area contributed by atoms with Gasteiger partial charge in [0.05, 0.1) is 13.4 Å². The zero-order chi connectivity index (χ0) is 13.1. The van der Waals surface area contributed by atoms with Crippen molar-refractivity contribution in [1.82, 2.24) is 0 Å². The largest absolute Gasteiger partial charge is 0.478 e. The molecule has 0 spiro atoms. The van der Waals surface area contributed by atoms with E-state index in [2.05, 4.69) is 29.2 Å². The van der Waals surface area contributed by atoms with Crippen LogP contribution in [0.4, 0.5) is 0 Å². The summed E-state index contributed by atoms with van der Waals surface area (Å²) in [5.74, 6) is -2.64. The number of hydrogen-bond donors (Lipinski definition) is 1. The number of carboxylic acid groups (broad SMARTS) is 1. The zero-order valence-electron chi connectivity index (χ0n) is 8.76. The second-order valence-electron chi connectivity index (χ2n) is 2.08. The molecule has 0 aromatic carbocycles. The fourth-order valence-corrected chi connectivity index (χ4v) is 0.353. The Bertz CT molecular complexity index is 315. The summed E-state index contributed by atoms with van der Waals surface area (Å²) in [7, 11) is 1.15. The third kappa shape index (κ3) is 8.24. The van der Waals surface area contributed by atoms with Crippen LogP contribution >= 0.6 is 0 Å². The van der Waals surface area contributed by atoms with Crippen LogP contribution in [-0.2, 0) is 23.9 Å². The summed E-state index contributed by atoms with van der Waals surface area (Å²) in [5.41, 5.74) is -0.354. The van der Waals surface area contributed by atoms with E-state index in [1.54, 1.807) is 0 Å². The van der Waals surface area contributed by atoms with Crippen molar-refractivity contribution in [2.75, 3.05) is 7.11 Å². The highest BCUT2D eigenvalue weighted by Crippen LogP contribution is 1.96. The minimum atomic E-state index is -0.981. The van der Waals surface area contributed by atoms with Gasteiger partial charge in [0.25, 0.3) is 0 Å². The number of carboxylic acids is 1. The molecule has 0 atom stereocenters. The number of carbonyl (C=O) groups is 3. The van der Waals surface area contributed by atoms with Gasteiger partial charge >= 0.3 is 17.9 Å². The fraction of sp³-hybridized carbons (Fsp3) is 0.100. The normalized spacial score (nSPS) is 7.56. The molecular weight excluding hydrogens is 216 g/mol. The molecule has 0 aliphatic carbocycles. The summed E-state index contributed by atoms with van der Waals surface area (Å²) >= 11 is 0. The third-order valence-corrected chi connectivity index (χ3v) is 1.04. The van der Waals surface area contributed by atoms with Crippen molar-refractivity contribution in [2.45, 2.75) is 0 Å². The number of ether oxygens (including phenoxy) is 2. The zero-order valence-corrected chi connectivity index (χ0v) is 8.76. The van der Waals surface area contributed by atoms with Gasteiger partial charge < -0.3 is 14.6 Å². The molecule has 0 aliphatic heterocycles. The van der Waals surface area contributed by atoms with Crippen LogP contribution in [0.5, 0.6) is 0 Å². The molecule has 0 unspecified atom stereocenters. The molecule has 0 amide bonds. The molecule has 0 fully saturated rings. The van der Waals surface area contributed by atoms with Crippen molar-refractivity contribution in [2.24, 2.45) is 0 Å². The van der Waals surface area contributed by atoms with Gasteiger partial charge in [-0.3, -0.25) is 0 Å². The van der Waals surface area contributed by atoms with Crippen LogP contribution in [-0.4, -0.2) is 30.1 Å². The van der Waals surface area contributed by atoms with E-state index in [0.29, 0.717) is 0 Å². The Balaban J connectivity index is 0. The predicted molar refractivity (Wildman–Crippen MR) is 55.3 cm³/mol. The first-order valence-electron chi connectivity index (χ1n) is 3.85. The van der Waals surface area contributed by atoms with Gasteiger partial charge in [-0.15, -0.1) is 0 Å². The van der Waals surface area contributed by atoms with E-state index in [-0.39, 0.29) is 5.57 Å². The van der Waals surface area contributed by atoms with Crippen LogP contribution in [0.1, 0.15) is 0 Å². The molecule has 1 N–H and O–H groups in total. The van der Waals surface area contributed by atoms with Crippen LogP contribution in [0.2, 0.25) is 0 Å². The van der Waals surface area contributed by atoms with Crippen LogP contribution in [0.15, 0.2) is 37.6 Å². The summed E-state index contributed by atoms with van der Waals surface area (Å²) in [6, 6.07) is 0. The Morgan fingerprint density at radius 1 is 1.19 bits per heavy atom. The molecule has 0 aromatic heterocycles. The number of esters is 2. The van der Waals surface area contributed by atoms with E-state index in [9.17, 15) is 14.4 Å². The Kier molecular flexibility index (Phi) is 9.24. The summed E-state index contributed by atoms with van der Waals surface area (Å²) in [6.07, 6.45) is 1.75. The van der Waals surface area contributed by atoms with Gasteiger partial charge in [-0.05, 0) is 0 Å². The van der Waals surface area contributed by atoms with E-state index in [0.717, 1.165) is 19.4 Å². The van der Waals surface area contributed by atoms with Gasteiger partial charge in [-0.1, -0.05) is 19.7 Å². The SMILES string of the molecule is C=CC(=O)O.C=COC(=O)C(=C)C(=O)OC. The highest BCUT2D eigenvalue weighted by Gasteiger charge is 2.16. The first kappa shape index (κ1) is 16.1. The summed E-state index contributed by atoms with van der Waals surface area (Å²) in [5, 5.41) is 7.60. The molecule has 0 heterocycles. The summed E-state index contributed by atoms with van der Waals surface area (Å²) in [4.78, 5) is 30.5. The first-order chi connectivity index (χ1) is 7.40. The van der Waals surface area contributed by atoms with E-state index in [1.165, 1.54) is 0 Å². The molecule has 16 heavy (non-hydrogen) atoms. The first-order valence-corrected chi connectivity index (χ1v) is 3.85. The van der Waals surface area contributed by atoms with Crippen LogP contribution in [0, 0.1) is 0 Å². The van der Waals surface area contributed by atoms with E-state index in [4.69, 9.17) is 5.11 Å². The van der Waals surface area contributed by atoms with Gasteiger partial charge in [0, 0.05) is 6.08 Å². The van der Waals surface area contributed by atoms with Gasteiger partial charge in [0.1, 0.15) is 5.57 Å². The van der Waals surface area contributed by atoms with Crippen molar-refractivity contribution in [3.63, 3.8) is 0 Å². The topological polar surface area (TPSA) is 89.9 Å². The lowest BCUT2D eigenvalue weighted by molar-refractivity contribution is -0.142. The molecule has 0 saturated carbocycles. The predicted octanol–water partition coefficient (Wildman–Crippen LogP) is 0.659. The number of rotatable bonds is 4. The van der Waals surface area contributed by atoms with Crippen molar-refractivity contribution >= 4 is 17.9 Å². The summed E-state index contributed by atoms with van der Waals surface area (Å²) < 4.78 is 8.46. The average Bonchev–Trinajstić information content (AvgIpc) is 2.28. The highest BCUT2D eigenvalue weighted by molar-refractivity contribution is 6.13. The lowest BCUT2D eigenvalue weighted by atomic mass is 10.3. The molecule has 88 valence electrons. The number of aliphatic carboxylic acids is 1. The Morgan fingerprint density at radius 3 is 1.88 bits per heavy atom. The maximum Gasteiger partial charge on any atom is 0.349 e.